The standard InChI is InChI=1S/C72H53NO3/c1-69(2)51-31-32-59-62(46-19-11-15-23-57(46)74-59)61(51)49-37-54-48(36-55(49)69)41-28-25-38(33-52(41)70(54,3)4)73(40-26-29-43-42-17-10-14-22-56(42)75-60(43)35-40)39-27-30-45-53(34-39)72(7,8)66-63(45)64-47-20-12-16-24-58(47)76-68(64)65-44-18-9-13-21-50(44)71(5,6)67(65)66/h9-37H,1-8H3. The largest absolute Gasteiger partial charge is 0.456 e. The van der Waals surface area contributed by atoms with Gasteiger partial charge in [0.1, 0.15) is 33.5 Å². The van der Waals surface area contributed by atoms with Crippen molar-refractivity contribution in [1.29, 1.82) is 0 Å². The number of rotatable bonds is 3. The van der Waals surface area contributed by atoms with Crippen LogP contribution >= 0.6 is 0 Å². The minimum Gasteiger partial charge on any atom is -0.456 e. The lowest BCUT2D eigenvalue weighted by Crippen LogP contribution is -2.24. The summed E-state index contributed by atoms with van der Waals surface area (Å²) >= 11 is 0. The molecule has 0 bridgehead atoms. The number of hydrogen-bond acceptors (Lipinski definition) is 4. The van der Waals surface area contributed by atoms with E-state index in [0.717, 1.165) is 66.7 Å². The Morgan fingerprint density at radius 2 is 0.789 bits per heavy atom. The molecule has 4 heteroatoms. The summed E-state index contributed by atoms with van der Waals surface area (Å²) < 4.78 is 20.2. The van der Waals surface area contributed by atoms with E-state index in [0.29, 0.717) is 0 Å². The lowest BCUT2D eigenvalue weighted by molar-refractivity contribution is 0.600. The molecule has 4 nitrogen and oxygen atoms in total. The van der Waals surface area contributed by atoms with Crippen molar-refractivity contribution in [1.82, 2.24) is 0 Å². The number of benzene rings is 10. The predicted octanol–water partition coefficient (Wildman–Crippen LogP) is 20.1. The van der Waals surface area contributed by atoms with Gasteiger partial charge in [0.05, 0.1) is 0 Å². The maximum atomic E-state index is 7.02. The summed E-state index contributed by atoms with van der Waals surface area (Å²) in [7, 11) is 0. The topological polar surface area (TPSA) is 42.7 Å². The molecule has 0 fully saturated rings. The molecule has 0 aliphatic heterocycles. The van der Waals surface area contributed by atoms with Crippen molar-refractivity contribution >= 4 is 82.9 Å². The molecule has 0 saturated carbocycles. The Labute approximate surface area is 440 Å². The van der Waals surface area contributed by atoms with Gasteiger partial charge in [-0.05, 0) is 156 Å². The van der Waals surface area contributed by atoms with Crippen LogP contribution in [0.15, 0.2) is 189 Å². The molecule has 364 valence electrons. The Morgan fingerprint density at radius 3 is 1.55 bits per heavy atom. The van der Waals surface area contributed by atoms with E-state index >= 15 is 0 Å². The van der Waals surface area contributed by atoms with Gasteiger partial charge >= 0.3 is 0 Å². The molecule has 17 rings (SSSR count). The predicted molar refractivity (Wildman–Crippen MR) is 313 cm³/mol. The van der Waals surface area contributed by atoms with Crippen LogP contribution in [0.4, 0.5) is 17.1 Å². The van der Waals surface area contributed by atoms with Crippen molar-refractivity contribution in [3.8, 4) is 44.5 Å². The fourth-order valence-corrected chi connectivity index (χ4v) is 15.4. The molecular formula is C72H53NO3. The number of fused-ring (bicyclic) bond motifs is 25. The smallest absolute Gasteiger partial charge is 0.144 e. The molecule has 0 amide bonds. The van der Waals surface area contributed by atoms with Crippen LogP contribution in [0.25, 0.3) is 110 Å². The highest BCUT2D eigenvalue weighted by molar-refractivity contribution is 6.21. The Hall–Kier alpha value is -8.60. The average molecular weight is 980 g/mol. The third kappa shape index (κ3) is 5.07. The molecule has 13 aromatic rings. The summed E-state index contributed by atoms with van der Waals surface area (Å²) in [5.74, 6) is 0. The molecule has 3 aromatic heterocycles. The van der Waals surface area contributed by atoms with Crippen LogP contribution in [-0.2, 0) is 21.7 Å². The van der Waals surface area contributed by atoms with Crippen LogP contribution in [0, 0.1) is 0 Å². The van der Waals surface area contributed by atoms with E-state index in [4.69, 9.17) is 13.3 Å². The van der Waals surface area contributed by atoms with Crippen LogP contribution in [0.5, 0.6) is 0 Å². The van der Waals surface area contributed by atoms with Gasteiger partial charge in [0, 0.05) is 82.7 Å². The van der Waals surface area contributed by atoms with Crippen LogP contribution in [0.2, 0.25) is 0 Å². The van der Waals surface area contributed by atoms with Crippen molar-refractivity contribution in [2.24, 2.45) is 0 Å². The Kier molecular flexibility index (Phi) is 7.76. The van der Waals surface area contributed by atoms with Gasteiger partial charge in [-0.2, -0.15) is 0 Å². The van der Waals surface area contributed by atoms with Gasteiger partial charge < -0.3 is 18.2 Å². The summed E-state index contributed by atoms with van der Waals surface area (Å²) in [6, 6.07) is 65.3. The maximum Gasteiger partial charge on any atom is 0.144 e. The lowest BCUT2D eigenvalue weighted by Gasteiger charge is -2.32. The molecule has 0 spiro atoms. The second-order valence-corrected chi connectivity index (χ2v) is 24.3. The van der Waals surface area contributed by atoms with Gasteiger partial charge in [0.25, 0.3) is 0 Å². The van der Waals surface area contributed by atoms with E-state index in [1.165, 1.54) is 105 Å². The molecule has 10 aromatic carbocycles. The third-order valence-electron chi connectivity index (χ3n) is 19.0. The van der Waals surface area contributed by atoms with Crippen LogP contribution < -0.4 is 4.90 Å². The fourth-order valence-electron chi connectivity index (χ4n) is 15.4. The van der Waals surface area contributed by atoms with Crippen molar-refractivity contribution < 1.29 is 13.3 Å². The molecule has 0 saturated heterocycles. The van der Waals surface area contributed by atoms with Gasteiger partial charge in [-0.1, -0.05) is 152 Å². The van der Waals surface area contributed by atoms with Crippen LogP contribution in [0.1, 0.15) is 99.9 Å². The zero-order valence-electron chi connectivity index (χ0n) is 43.9. The highest BCUT2D eigenvalue weighted by Crippen LogP contribution is 2.64. The second kappa shape index (κ2) is 13.8. The summed E-state index contributed by atoms with van der Waals surface area (Å²) in [5, 5.41) is 7.00. The van der Waals surface area contributed by atoms with Gasteiger partial charge in [-0.15, -0.1) is 0 Å². The van der Waals surface area contributed by atoms with Crippen molar-refractivity contribution in [3.63, 3.8) is 0 Å². The molecule has 0 unspecified atom stereocenters. The van der Waals surface area contributed by atoms with Crippen molar-refractivity contribution in [2.45, 2.75) is 77.0 Å². The average Bonchev–Trinajstić information content (AvgIpc) is 4.40. The first-order chi connectivity index (χ1) is 36.7. The van der Waals surface area contributed by atoms with E-state index in [-0.39, 0.29) is 21.7 Å². The fraction of sp³-hybridized carbons (Fsp3) is 0.167. The molecule has 0 N–H and O–H groups in total. The summed E-state index contributed by atoms with van der Waals surface area (Å²) in [4.78, 5) is 2.47. The lowest BCUT2D eigenvalue weighted by atomic mass is 9.72. The SMILES string of the molecule is CC1(C)c2cc(N(c3ccc4c(c3)C(C)(C)c3c5c(c6oc7ccccc7c6c3-4)-c3ccccc3C5(C)C)c3ccc4c(c3)oc3ccccc34)ccc2-c2cc3c(cc21)-c1c(ccc2oc4ccccc4c12)C3(C)C. The quantitative estimate of drug-likeness (QED) is 0.177. The van der Waals surface area contributed by atoms with Crippen LogP contribution in [-0.4, -0.2) is 0 Å². The third-order valence-corrected chi connectivity index (χ3v) is 19.0. The number of anilines is 3. The molecule has 3 heterocycles. The van der Waals surface area contributed by atoms with Crippen molar-refractivity contribution in [3.05, 3.63) is 220 Å². The first-order valence-electron chi connectivity index (χ1n) is 27.0. The van der Waals surface area contributed by atoms with E-state index in [1.54, 1.807) is 0 Å². The van der Waals surface area contributed by atoms with Crippen molar-refractivity contribution in [2.75, 3.05) is 4.90 Å². The van der Waals surface area contributed by atoms with Gasteiger partial charge in [0.2, 0.25) is 0 Å². The van der Waals surface area contributed by atoms with E-state index in [9.17, 15) is 0 Å². The number of hydrogen-bond donors (Lipinski definition) is 0. The second-order valence-electron chi connectivity index (χ2n) is 24.3. The summed E-state index contributed by atoms with van der Waals surface area (Å²) in [6.07, 6.45) is 0. The van der Waals surface area contributed by atoms with E-state index in [2.05, 4.69) is 236 Å². The molecule has 4 aliphatic carbocycles. The number of nitrogens with zero attached hydrogens (tertiary/aromatic N) is 1. The van der Waals surface area contributed by atoms with E-state index < -0.39 is 0 Å². The molecule has 4 aliphatic rings. The number of furan rings is 3. The normalized spacial score (nSPS) is 16.3. The maximum absolute atomic E-state index is 7.02. The first kappa shape index (κ1) is 42.7. The Morgan fingerprint density at radius 1 is 0.289 bits per heavy atom. The minimum atomic E-state index is -0.353. The summed E-state index contributed by atoms with van der Waals surface area (Å²) in [6.45, 7) is 19.3. The molecule has 0 radical (unpaired) electrons. The minimum absolute atomic E-state index is 0.192. The zero-order chi connectivity index (χ0) is 51.1. The van der Waals surface area contributed by atoms with Crippen LogP contribution in [0.3, 0.4) is 0 Å². The molecular weight excluding hydrogens is 927 g/mol. The summed E-state index contributed by atoms with van der Waals surface area (Å²) in [5.41, 5.74) is 28.9. The van der Waals surface area contributed by atoms with Gasteiger partial charge in [0.15, 0.2) is 0 Å². The Bertz CT molecular complexity index is 4830. The monoisotopic (exact) mass is 979 g/mol. The first-order valence-corrected chi connectivity index (χ1v) is 27.0. The highest BCUT2D eigenvalue weighted by atomic mass is 16.3. The number of para-hydroxylation sites is 3. The Balaban J connectivity index is 0.872. The van der Waals surface area contributed by atoms with E-state index in [1.807, 2.05) is 0 Å². The molecule has 0 atom stereocenters. The zero-order valence-corrected chi connectivity index (χ0v) is 43.9. The highest BCUT2D eigenvalue weighted by Gasteiger charge is 2.49. The van der Waals surface area contributed by atoms with Gasteiger partial charge in [-0.3, -0.25) is 0 Å². The van der Waals surface area contributed by atoms with Gasteiger partial charge in [-0.25, -0.2) is 0 Å². The molecule has 76 heavy (non-hydrogen) atoms.